The Morgan fingerprint density at radius 3 is 2.30 bits per heavy atom. The third-order valence-electron chi connectivity index (χ3n) is 4.52. The van der Waals surface area contributed by atoms with Gasteiger partial charge in [0.2, 0.25) is 5.91 Å². The lowest BCUT2D eigenvalue weighted by molar-refractivity contribution is -0.132. The van der Waals surface area contributed by atoms with Gasteiger partial charge in [0.1, 0.15) is 0 Å². The van der Waals surface area contributed by atoms with Crippen LogP contribution in [0.15, 0.2) is 11.7 Å². The fourth-order valence-electron chi connectivity index (χ4n) is 2.46. The molecule has 0 aromatic heterocycles. The molecule has 2 rings (SSSR count). The van der Waals surface area contributed by atoms with Crippen molar-refractivity contribution in [2.75, 3.05) is 6.54 Å². The highest BCUT2D eigenvalue weighted by Gasteiger charge is 2.52. The van der Waals surface area contributed by atoms with Crippen molar-refractivity contribution in [3.8, 4) is 0 Å². The lowest BCUT2D eigenvalue weighted by atomic mass is 9.75. The van der Waals surface area contributed by atoms with Gasteiger partial charge in [0.05, 0.1) is 11.2 Å². The van der Waals surface area contributed by atoms with Crippen LogP contribution in [0.1, 0.15) is 54.4 Å². The van der Waals surface area contributed by atoms with Gasteiger partial charge in [-0.2, -0.15) is 0 Å². The van der Waals surface area contributed by atoms with Crippen LogP contribution in [0, 0.1) is 5.92 Å². The number of rotatable bonds is 2. The molecule has 0 N–H and O–H groups in total. The van der Waals surface area contributed by atoms with Crippen molar-refractivity contribution < 1.29 is 14.1 Å². The van der Waals surface area contributed by atoms with Gasteiger partial charge in [-0.15, -0.1) is 0 Å². The summed E-state index contributed by atoms with van der Waals surface area (Å²) in [6, 6.07) is 0. The number of allylic oxidation sites excluding steroid dienone is 1. The molecule has 1 saturated heterocycles. The fourth-order valence-corrected chi connectivity index (χ4v) is 2.46. The molecule has 0 unspecified atom stereocenters. The highest BCUT2D eigenvalue weighted by atomic mass is 16.7. The predicted octanol–water partition coefficient (Wildman–Crippen LogP) is 2.78. The Bertz CT molecular complexity index is 413. The molecule has 5 heteroatoms. The van der Waals surface area contributed by atoms with Crippen LogP contribution in [-0.4, -0.2) is 35.7 Å². The Morgan fingerprint density at radius 1 is 1.25 bits per heavy atom. The Balaban J connectivity index is 2.16. The molecule has 0 atom stereocenters. The van der Waals surface area contributed by atoms with Crippen molar-refractivity contribution in [2.24, 2.45) is 5.92 Å². The van der Waals surface area contributed by atoms with Gasteiger partial charge >= 0.3 is 7.12 Å². The molecule has 0 aromatic carbocycles. The first kappa shape index (κ1) is 15.6. The summed E-state index contributed by atoms with van der Waals surface area (Å²) in [6.45, 7) is 12.8. The van der Waals surface area contributed by atoms with Gasteiger partial charge in [0.15, 0.2) is 0 Å². The largest absolute Gasteiger partial charge is 0.492 e. The van der Waals surface area contributed by atoms with Crippen LogP contribution in [0.25, 0.3) is 0 Å². The molecule has 2 aliphatic rings. The maximum absolute atomic E-state index is 12.1. The molecule has 4 nitrogen and oxygen atoms in total. The van der Waals surface area contributed by atoms with Gasteiger partial charge in [-0.25, -0.2) is 0 Å². The van der Waals surface area contributed by atoms with E-state index in [4.69, 9.17) is 9.31 Å². The van der Waals surface area contributed by atoms with E-state index < -0.39 is 0 Å². The van der Waals surface area contributed by atoms with Crippen molar-refractivity contribution in [1.29, 1.82) is 0 Å². The molecule has 0 aliphatic carbocycles. The summed E-state index contributed by atoms with van der Waals surface area (Å²) in [5, 5.41) is 0. The van der Waals surface area contributed by atoms with Crippen molar-refractivity contribution in [3.63, 3.8) is 0 Å². The first-order valence-corrected chi connectivity index (χ1v) is 7.51. The van der Waals surface area contributed by atoms with Crippen molar-refractivity contribution in [2.45, 2.75) is 65.6 Å². The number of nitrogens with zero attached hydrogens (tertiary/aromatic N) is 1. The van der Waals surface area contributed by atoms with Crippen molar-refractivity contribution in [1.82, 2.24) is 4.90 Å². The summed E-state index contributed by atoms with van der Waals surface area (Å²) >= 11 is 0. The zero-order valence-electron chi connectivity index (χ0n) is 13.5. The van der Waals surface area contributed by atoms with Gasteiger partial charge in [0.25, 0.3) is 0 Å². The molecule has 0 bridgehead atoms. The van der Waals surface area contributed by atoms with E-state index in [0.717, 1.165) is 24.9 Å². The van der Waals surface area contributed by atoms with E-state index in [-0.39, 0.29) is 30.1 Å². The smallest absolute Gasteiger partial charge is 0.400 e. The summed E-state index contributed by atoms with van der Waals surface area (Å²) in [7, 11) is -0.331. The minimum atomic E-state index is -0.331. The summed E-state index contributed by atoms with van der Waals surface area (Å²) in [6.07, 6.45) is 3.83. The molecule has 0 radical (unpaired) electrons. The Morgan fingerprint density at radius 2 is 1.80 bits per heavy atom. The zero-order valence-corrected chi connectivity index (χ0v) is 13.5. The second-order valence-electron chi connectivity index (χ2n) is 7.08. The monoisotopic (exact) mass is 279 g/mol. The maximum Gasteiger partial charge on any atom is 0.492 e. The Hall–Kier alpha value is -0.805. The van der Waals surface area contributed by atoms with Crippen LogP contribution in [0.2, 0.25) is 0 Å². The molecule has 2 aliphatic heterocycles. The highest BCUT2D eigenvalue weighted by Crippen LogP contribution is 2.39. The van der Waals surface area contributed by atoms with E-state index in [1.54, 1.807) is 0 Å². The number of hydrogen-bond acceptors (Lipinski definition) is 3. The zero-order chi connectivity index (χ0) is 15.1. The number of amides is 1. The fraction of sp³-hybridized carbons (Fsp3) is 0.800. The number of hydrogen-bond donors (Lipinski definition) is 0. The summed E-state index contributed by atoms with van der Waals surface area (Å²) in [5.74, 6) is 0.183. The number of carbonyl (C=O) groups excluding carboxylic acids is 1. The van der Waals surface area contributed by atoms with Crippen LogP contribution in [0.3, 0.4) is 0 Å². The van der Waals surface area contributed by atoms with E-state index in [1.807, 2.05) is 52.6 Å². The molecular weight excluding hydrogens is 253 g/mol. The van der Waals surface area contributed by atoms with Crippen LogP contribution in [-0.2, 0) is 14.1 Å². The normalized spacial score (nSPS) is 25.1. The Labute approximate surface area is 122 Å². The lowest BCUT2D eigenvalue weighted by Gasteiger charge is -2.32. The van der Waals surface area contributed by atoms with Gasteiger partial charge < -0.3 is 14.2 Å². The third-order valence-corrected chi connectivity index (χ3v) is 4.52. The van der Waals surface area contributed by atoms with Crippen LogP contribution in [0.4, 0.5) is 0 Å². The van der Waals surface area contributed by atoms with Gasteiger partial charge in [-0.1, -0.05) is 13.8 Å². The van der Waals surface area contributed by atoms with E-state index >= 15 is 0 Å². The molecule has 0 aromatic rings. The summed E-state index contributed by atoms with van der Waals surface area (Å²) in [4.78, 5) is 13.9. The topological polar surface area (TPSA) is 38.8 Å². The molecule has 2 heterocycles. The van der Waals surface area contributed by atoms with E-state index in [1.165, 1.54) is 0 Å². The number of carbonyl (C=O) groups is 1. The van der Waals surface area contributed by atoms with Crippen LogP contribution < -0.4 is 0 Å². The second kappa shape index (κ2) is 5.19. The minimum Gasteiger partial charge on any atom is -0.400 e. The molecule has 112 valence electrons. The first-order valence-electron chi connectivity index (χ1n) is 7.51. The van der Waals surface area contributed by atoms with Crippen LogP contribution >= 0.6 is 0 Å². The molecule has 0 saturated carbocycles. The first-order chi connectivity index (χ1) is 9.14. The van der Waals surface area contributed by atoms with Crippen molar-refractivity contribution >= 4 is 13.0 Å². The Kier molecular flexibility index (Phi) is 4.04. The summed E-state index contributed by atoms with van der Waals surface area (Å²) < 4.78 is 12.1. The summed E-state index contributed by atoms with van der Waals surface area (Å²) in [5.41, 5.74) is 0.412. The lowest BCUT2D eigenvalue weighted by Crippen LogP contribution is -2.41. The minimum absolute atomic E-state index is 0.0175. The standard InChI is InChI=1S/C15H26BNO3/c1-11(2)13(18)17-9-7-8-12(10-17)16-19-14(3,4)15(5,6)20-16/h10-11H,7-9H2,1-6H3. The molecule has 0 spiro atoms. The predicted molar refractivity (Wildman–Crippen MR) is 80.0 cm³/mol. The van der Waals surface area contributed by atoms with E-state index in [0.29, 0.717) is 0 Å². The van der Waals surface area contributed by atoms with Gasteiger partial charge in [-0.05, 0) is 46.0 Å². The van der Waals surface area contributed by atoms with Gasteiger partial charge in [-0.3, -0.25) is 4.79 Å². The molecule has 1 fully saturated rings. The van der Waals surface area contributed by atoms with Crippen LogP contribution in [0.5, 0.6) is 0 Å². The SMILES string of the molecule is CC(C)C(=O)N1C=C(B2OC(C)(C)C(C)(C)O2)CCC1. The van der Waals surface area contributed by atoms with Crippen molar-refractivity contribution in [3.05, 3.63) is 11.7 Å². The molecule has 1 amide bonds. The second-order valence-corrected chi connectivity index (χ2v) is 7.08. The quantitative estimate of drug-likeness (QED) is 0.729. The average molecular weight is 279 g/mol. The van der Waals surface area contributed by atoms with E-state index in [2.05, 4.69) is 0 Å². The average Bonchev–Trinajstić information content (AvgIpc) is 2.57. The molecule has 20 heavy (non-hydrogen) atoms. The van der Waals surface area contributed by atoms with Gasteiger partial charge in [0, 0.05) is 18.7 Å². The maximum atomic E-state index is 12.1. The molecular formula is C15H26BNO3. The highest BCUT2D eigenvalue weighted by molar-refractivity contribution is 6.54. The third kappa shape index (κ3) is 2.79. The van der Waals surface area contributed by atoms with E-state index in [9.17, 15) is 4.79 Å².